The lowest BCUT2D eigenvalue weighted by atomic mass is 9.94. The predicted octanol–water partition coefficient (Wildman–Crippen LogP) is 2.40. The molecular weight excluding hydrogens is 269 g/mol. The van der Waals surface area contributed by atoms with Crippen molar-refractivity contribution in [3.05, 3.63) is 0 Å². The van der Waals surface area contributed by atoms with Crippen LogP contribution in [0.15, 0.2) is 0 Å². The van der Waals surface area contributed by atoms with E-state index in [9.17, 15) is 18.3 Å². The number of aliphatic hydroxyl groups excluding tert-OH is 1. The second kappa shape index (κ2) is 7.61. The van der Waals surface area contributed by atoms with Crippen molar-refractivity contribution in [2.45, 2.75) is 51.2 Å². The molecule has 0 aromatic heterocycles. The lowest BCUT2D eigenvalue weighted by Gasteiger charge is -2.36. The number of halogens is 3. The van der Waals surface area contributed by atoms with E-state index in [1.54, 1.807) is 0 Å². The fourth-order valence-electron chi connectivity index (χ4n) is 2.58. The molecule has 1 rings (SSSR count). The van der Waals surface area contributed by atoms with Crippen LogP contribution in [0.1, 0.15) is 39.5 Å². The van der Waals surface area contributed by atoms with Crippen LogP contribution in [0.25, 0.3) is 0 Å². The Kier molecular flexibility index (Phi) is 6.75. The third kappa shape index (κ3) is 5.58. The van der Waals surface area contributed by atoms with Crippen molar-refractivity contribution in [1.82, 2.24) is 10.2 Å². The van der Waals surface area contributed by atoms with Gasteiger partial charge in [-0.05, 0) is 52.2 Å². The summed E-state index contributed by atoms with van der Waals surface area (Å²) in [5.74, 6) is -1.19. The Balaban J connectivity index is 2.43. The number of aliphatic hydroxyl groups is 1. The van der Waals surface area contributed by atoms with E-state index in [0.29, 0.717) is 19.4 Å². The van der Waals surface area contributed by atoms with Gasteiger partial charge < -0.3 is 15.3 Å². The number of hydrogen-bond donors (Lipinski definition) is 2. The zero-order valence-corrected chi connectivity index (χ0v) is 12.5. The van der Waals surface area contributed by atoms with Crippen molar-refractivity contribution in [3.63, 3.8) is 0 Å². The lowest BCUT2D eigenvalue weighted by molar-refractivity contribution is -0.186. The van der Waals surface area contributed by atoms with E-state index in [4.69, 9.17) is 0 Å². The van der Waals surface area contributed by atoms with Crippen LogP contribution >= 0.6 is 0 Å². The Bertz CT molecular complexity index is 286. The molecule has 0 aromatic carbocycles. The highest BCUT2D eigenvalue weighted by Crippen LogP contribution is 2.33. The van der Waals surface area contributed by atoms with Gasteiger partial charge >= 0.3 is 6.18 Å². The highest BCUT2D eigenvalue weighted by atomic mass is 19.4. The van der Waals surface area contributed by atoms with Crippen LogP contribution in [0.4, 0.5) is 13.2 Å². The number of nitrogens with one attached hydrogen (secondary N) is 1. The van der Waals surface area contributed by atoms with Gasteiger partial charge in [-0.3, -0.25) is 0 Å². The third-order valence-electron chi connectivity index (χ3n) is 4.10. The van der Waals surface area contributed by atoms with Gasteiger partial charge in [0.25, 0.3) is 0 Å². The maximum atomic E-state index is 12.7. The third-order valence-corrected chi connectivity index (χ3v) is 4.10. The summed E-state index contributed by atoms with van der Waals surface area (Å²) in [7, 11) is 0. The molecule has 2 atom stereocenters. The Labute approximate surface area is 119 Å². The molecule has 0 radical (unpaired) electrons. The van der Waals surface area contributed by atoms with Crippen LogP contribution in [-0.2, 0) is 0 Å². The average molecular weight is 296 g/mol. The lowest BCUT2D eigenvalue weighted by Crippen LogP contribution is -2.50. The minimum Gasteiger partial charge on any atom is -0.394 e. The molecule has 1 heterocycles. The van der Waals surface area contributed by atoms with E-state index in [2.05, 4.69) is 5.32 Å². The number of hydrogen-bond acceptors (Lipinski definition) is 3. The molecule has 20 heavy (non-hydrogen) atoms. The van der Waals surface area contributed by atoms with Gasteiger partial charge in [0.05, 0.1) is 12.5 Å². The minimum atomic E-state index is -4.08. The monoisotopic (exact) mass is 296 g/mol. The molecule has 1 saturated heterocycles. The molecule has 0 amide bonds. The van der Waals surface area contributed by atoms with Crippen molar-refractivity contribution in [2.24, 2.45) is 5.92 Å². The highest BCUT2D eigenvalue weighted by molar-refractivity contribution is 4.85. The maximum Gasteiger partial charge on any atom is 0.393 e. The number of piperidine rings is 1. The average Bonchev–Trinajstić information content (AvgIpc) is 2.42. The van der Waals surface area contributed by atoms with Gasteiger partial charge in [-0.25, -0.2) is 0 Å². The summed E-state index contributed by atoms with van der Waals surface area (Å²) >= 11 is 0. The standard InChI is InChI=1S/C14H27F3N2O/c1-3-7-18-13(2,11-20)6-9-19-8-4-5-12(10-19)14(15,16)17/h12,18,20H,3-11H2,1-2H3. The van der Waals surface area contributed by atoms with Crippen molar-refractivity contribution in [1.29, 1.82) is 0 Å². The topological polar surface area (TPSA) is 35.5 Å². The van der Waals surface area contributed by atoms with Gasteiger partial charge in [0, 0.05) is 12.1 Å². The van der Waals surface area contributed by atoms with Crippen LogP contribution in [0.5, 0.6) is 0 Å². The second-order valence-electron chi connectivity index (χ2n) is 6.08. The van der Waals surface area contributed by atoms with Crippen LogP contribution in [0, 0.1) is 5.92 Å². The van der Waals surface area contributed by atoms with E-state index < -0.39 is 17.6 Å². The molecular formula is C14H27F3N2O. The van der Waals surface area contributed by atoms with E-state index in [1.807, 2.05) is 18.7 Å². The zero-order valence-electron chi connectivity index (χ0n) is 12.5. The summed E-state index contributed by atoms with van der Waals surface area (Å²) in [6.07, 6.45) is -1.61. The summed E-state index contributed by atoms with van der Waals surface area (Å²) in [4.78, 5) is 1.88. The van der Waals surface area contributed by atoms with E-state index >= 15 is 0 Å². The fourth-order valence-corrected chi connectivity index (χ4v) is 2.58. The molecule has 2 unspecified atom stereocenters. The molecule has 6 heteroatoms. The van der Waals surface area contributed by atoms with E-state index in [1.165, 1.54) is 0 Å². The van der Waals surface area contributed by atoms with Crippen LogP contribution in [-0.4, -0.2) is 54.5 Å². The Morgan fingerprint density at radius 3 is 2.60 bits per heavy atom. The summed E-state index contributed by atoms with van der Waals surface area (Å²) in [5, 5.41) is 12.7. The van der Waals surface area contributed by atoms with Crippen molar-refractivity contribution in [3.8, 4) is 0 Å². The smallest absolute Gasteiger partial charge is 0.393 e. The summed E-state index contributed by atoms with van der Waals surface area (Å²) < 4.78 is 38.2. The number of rotatable bonds is 7. The molecule has 120 valence electrons. The first-order valence-corrected chi connectivity index (χ1v) is 7.45. The second-order valence-corrected chi connectivity index (χ2v) is 6.08. The molecule has 0 aromatic rings. The molecule has 0 bridgehead atoms. The number of alkyl halides is 3. The van der Waals surface area contributed by atoms with Gasteiger partial charge in [-0.2, -0.15) is 13.2 Å². The molecule has 3 nitrogen and oxygen atoms in total. The quantitative estimate of drug-likeness (QED) is 0.757. The summed E-state index contributed by atoms with van der Waals surface area (Å²) in [6, 6.07) is 0. The molecule has 0 saturated carbocycles. The van der Waals surface area contributed by atoms with Crippen LogP contribution in [0.2, 0.25) is 0 Å². The van der Waals surface area contributed by atoms with E-state index in [-0.39, 0.29) is 19.6 Å². The fraction of sp³-hybridized carbons (Fsp3) is 1.00. The van der Waals surface area contributed by atoms with Crippen LogP contribution in [0.3, 0.4) is 0 Å². The Morgan fingerprint density at radius 2 is 2.05 bits per heavy atom. The van der Waals surface area contributed by atoms with Crippen molar-refractivity contribution < 1.29 is 18.3 Å². The van der Waals surface area contributed by atoms with Crippen molar-refractivity contribution >= 4 is 0 Å². The summed E-state index contributed by atoms with van der Waals surface area (Å²) in [6.45, 7) is 6.20. The summed E-state index contributed by atoms with van der Waals surface area (Å²) in [5.41, 5.74) is -0.402. The first-order valence-electron chi connectivity index (χ1n) is 7.45. The molecule has 0 aliphatic carbocycles. The first-order chi connectivity index (χ1) is 9.30. The normalized spacial score (nSPS) is 24.6. The van der Waals surface area contributed by atoms with Gasteiger partial charge in [0.15, 0.2) is 0 Å². The Morgan fingerprint density at radius 1 is 1.35 bits per heavy atom. The van der Waals surface area contributed by atoms with Crippen molar-refractivity contribution in [2.75, 3.05) is 32.8 Å². The predicted molar refractivity (Wildman–Crippen MR) is 73.6 cm³/mol. The van der Waals surface area contributed by atoms with Gasteiger partial charge in [-0.15, -0.1) is 0 Å². The van der Waals surface area contributed by atoms with Gasteiger partial charge in [0.2, 0.25) is 0 Å². The van der Waals surface area contributed by atoms with E-state index in [0.717, 1.165) is 19.5 Å². The molecule has 1 aliphatic heterocycles. The molecule has 1 fully saturated rings. The first kappa shape index (κ1) is 17.7. The largest absolute Gasteiger partial charge is 0.394 e. The number of nitrogens with zero attached hydrogens (tertiary/aromatic N) is 1. The zero-order chi connectivity index (χ0) is 15.2. The van der Waals surface area contributed by atoms with Gasteiger partial charge in [0.1, 0.15) is 0 Å². The van der Waals surface area contributed by atoms with Gasteiger partial charge in [-0.1, -0.05) is 6.92 Å². The highest BCUT2D eigenvalue weighted by Gasteiger charge is 2.41. The van der Waals surface area contributed by atoms with Crippen LogP contribution < -0.4 is 5.32 Å². The Hall–Kier alpha value is -0.330. The number of likely N-dealkylation sites (tertiary alicyclic amines) is 1. The SMILES string of the molecule is CCCNC(C)(CO)CCN1CCCC(C(F)(F)F)C1. The maximum absolute atomic E-state index is 12.7. The molecule has 2 N–H and O–H groups in total. The molecule has 1 aliphatic rings. The minimum absolute atomic E-state index is 0.00351. The molecule has 0 spiro atoms.